The molecule has 3 heteroatoms. The Morgan fingerprint density at radius 3 is 2.67 bits per heavy atom. The van der Waals surface area contributed by atoms with Crippen LogP contribution >= 0.6 is 11.3 Å². The normalized spacial score (nSPS) is 12.7. The highest BCUT2D eigenvalue weighted by molar-refractivity contribution is 7.17. The SMILES string of the molecule is CCCNC(c1ccccc1F)c1cccc2ccsc12. The van der Waals surface area contributed by atoms with Crippen molar-refractivity contribution in [1.82, 2.24) is 5.32 Å². The Hall–Kier alpha value is -1.71. The second kappa shape index (κ2) is 6.37. The number of hydrogen-bond donors (Lipinski definition) is 1. The average Bonchev–Trinajstić information content (AvgIpc) is 2.98. The Bertz CT molecular complexity index is 735. The van der Waals surface area contributed by atoms with E-state index in [1.54, 1.807) is 17.4 Å². The molecule has 2 aromatic carbocycles. The molecule has 0 radical (unpaired) electrons. The molecule has 0 amide bonds. The minimum atomic E-state index is -0.153. The monoisotopic (exact) mass is 299 g/mol. The van der Waals surface area contributed by atoms with E-state index in [1.165, 1.54) is 16.2 Å². The van der Waals surface area contributed by atoms with E-state index >= 15 is 0 Å². The summed E-state index contributed by atoms with van der Waals surface area (Å²) in [5.74, 6) is -0.153. The Kier molecular flexibility index (Phi) is 4.32. The van der Waals surface area contributed by atoms with E-state index in [-0.39, 0.29) is 11.9 Å². The van der Waals surface area contributed by atoms with Crippen LogP contribution in [-0.4, -0.2) is 6.54 Å². The molecule has 3 rings (SSSR count). The molecule has 0 aliphatic rings. The van der Waals surface area contributed by atoms with Crippen molar-refractivity contribution in [3.63, 3.8) is 0 Å². The third-order valence-electron chi connectivity index (χ3n) is 3.64. The van der Waals surface area contributed by atoms with Crippen LogP contribution in [0.1, 0.15) is 30.5 Å². The summed E-state index contributed by atoms with van der Waals surface area (Å²) in [5.41, 5.74) is 1.87. The average molecular weight is 299 g/mol. The van der Waals surface area contributed by atoms with Crippen LogP contribution in [-0.2, 0) is 0 Å². The van der Waals surface area contributed by atoms with Gasteiger partial charge < -0.3 is 5.32 Å². The molecule has 0 aliphatic heterocycles. The molecule has 0 spiro atoms. The predicted molar refractivity (Wildman–Crippen MR) is 88.4 cm³/mol. The van der Waals surface area contributed by atoms with Gasteiger partial charge in [-0.25, -0.2) is 4.39 Å². The van der Waals surface area contributed by atoms with Gasteiger partial charge in [-0.2, -0.15) is 0 Å². The zero-order valence-corrected chi connectivity index (χ0v) is 12.8. The van der Waals surface area contributed by atoms with Crippen molar-refractivity contribution < 1.29 is 4.39 Å². The van der Waals surface area contributed by atoms with E-state index in [4.69, 9.17) is 0 Å². The lowest BCUT2D eigenvalue weighted by Crippen LogP contribution is -2.24. The summed E-state index contributed by atoms with van der Waals surface area (Å²) in [4.78, 5) is 0. The summed E-state index contributed by atoms with van der Waals surface area (Å²) in [6.45, 7) is 2.98. The number of nitrogens with one attached hydrogen (secondary N) is 1. The summed E-state index contributed by atoms with van der Waals surface area (Å²) >= 11 is 1.71. The fourth-order valence-electron chi connectivity index (χ4n) is 2.63. The van der Waals surface area contributed by atoms with Gasteiger partial charge in [0.25, 0.3) is 0 Å². The molecule has 0 fully saturated rings. The molecule has 1 atom stereocenters. The lowest BCUT2D eigenvalue weighted by Gasteiger charge is -2.21. The highest BCUT2D eigenvalue weighted by Crippen LogP contribution is 2.33. The van der Waals surface area contributed by atoms with Gasteiger partial charge in [0.15, 0.2) is 0 Å². The van der Waals surface area contributed by atoms with Gasteiger partial charge in [0, 0.05) is 10.3 Å². The highest BCUT2D eigenvalue weighted by Gasteiger charge is 2.19. The predicted octanol–water partition coefficient (Wildman–Crippen LogP) is 5.13. The molecule has 1 heterocycles. The van der Waals surface area contributed by atoms with Gasteiger partial charge >= 0.3 is 0 Å². The molecule has 21 heavy (non-hydrogen) atoms. The van der Waals surface area contributed by atoms with Crippen LogP contribution in [0.15, 0.2) is 53.9 Å². The fourth-order valence-corrected chi connectivity index (χ4v) is 3.57. The van der Waals surface area contributed by atoms with Crippen molar-refractivity contribution >= 4 is 21.4 Å². The smallest absolute Gasteiger partial charge is 0.128 e. The summed E-state index contributed by atoms with van der Waals surface area (Å²) in [5, 5.41) is 6.80. The lowest BCUT2D eigenvalue weighted by atomic mass is 9.97. The zero-order chi connectivity index (χ0) is 14.7. The van der Waals surface area contributed by atoms with Crippen LogP contribution in [0.25, 0.3) is 10.1 Å². The Morgan fingerprint density at radius 2 is 1.86 bits per heavy atom. The van der Waals surface area contributed by atoms with Crippen molar-refractivity contribution in [2.45, 2.75) is 19.4 Å². The summed E-state index contributed by atoms with van der Waals surface area (Å²) in [6, 6.07) is 15.3. The number of fused-ring (bicyclic) bond motifs is 1. The minimum absolute atomic E-state index is 0.103. The van der Waals surface area contributed by atoms with Crippen molar-refractivity contribution in [3.8, 4) is 0 Å². The molecule has 0 aliphatic carbocycles. The maximum Gasteiger partial charge on any atom is 0.128 e. The molecule has 0 saturated heterocycles. The molecular weight excluding hydrogens is 281 g/mol. The van der Waals surface area contributed by atoms with E-state index in [0.717, 1.165) is 18.5 Å². The van der Waals surface area contributed by atoms with Gasteiger partial charge in [-0.1, -0.05) is 43.3 Å². The number of halogens is 1. The van der Waals surface area contributed by atoms with E-state index in [2.05, 4.69) is 35.8 Å². The fraction of sp³-hybridized carbons (Fsp3) is 0.222. The molecular formula is C18H18FNS. The van der Waals surface area contributed by atoms with Gasteiger partial charge in [-0.05, 0) is 41.4 Å². The first-order valence-electron chi connectivity index (χ1n) is 7.25. The number of thiophene rings is 1. The number of rotatable bonds is 5. The highest BCUT2D eigenvalue weighted by atomic mass is 32.1. The Labute approximate surface area is 128 Å². The first kappa shape index (κ1) is 14.2. The van der Waals surface area contributed by atoms with Gasteiger partial charge in [0.1, 0.15) is 5.82 Å². The van der Waals surface area contributed by atoms with Gasteiger partial charge in [-0.3, -0.25) is 0 Å². The van der Waals surface area contributed by atoms with Crippen LogP contribution in [0.4, 0.5) is 4.39 Å². The van der Waals surface area contributed by atoms with E-state index < -0.39 is 0 Å². The number of benzene rings is 2. The quantitative estimate of drug-likeness (QED) is 0.688. The topological polar surface area (TPSA) is 12.0 Å². The van der Waals surface area contributed by atoms with E-state index in [9.17, 15) is 4.39 Å². The molecule has 0 bridgehead atoms. The minimum Gasteiger partial charge on any atom is -0.306 e. The van der Waals surface area contributed by atoms with Gasteiger partial charge in [0.05, 0.1) is 6.04 Å². The van der Waals surface area contributed by atoms with Crippen molar-refractivity contribution in [2.24, 2.45) is 0 Å². The molecule has 1 N–H and O–H groups in total. The zero-order valence-electron chi connectivity index (χ0n) is 12.0. The Morgan fingerprint density at radius 1 is 1.05 bits per heavy atom. The largest absolute Gasteiger partial charge is 0.306 e. The molecule has 1 nitrogen and oxygen atoms in total. The van der Waals surface area contributed by atoms with Crippen molar-refractivity contribution in [1.29, 1.82) is 0 Å². The van der Waals surface area contributed by atoms with Crippen LogP contribution < -0.4 is 5.32 Å². The van der Waals surface area contributed by atoms with Crippen molar-refractivity contribution in [3.05, 3.63) is 70.9 Å². The summed E-state index contributed by atoms with van der Waals surface area (Å²) < 4.78 is 15.5. The molecule has 3 aromatic rings. The van der Waals surface area contributed by atoms with Crippen LogP contribution in [0, 0.1) is 5.82 Å². The second-order valence-electron chi connectivity index (χ2n) is 5.09. The summed E-state index contributed by atoms with van der Waals surface area (Å²) in [7, 11) is 0. The van der Waals surface area contributed by atoms with E-state index in [0.29, 0.717) is 5.56 Å². The molecule has 1 aromatic heterocycles. The number of hydrogen-bond acceptors (Lipinski definition) is 2. The molecule has 1 unspecified atom stereocenters. The standard InChI is InChI=1S/C18H18FNS/c1-2-11-20-17(14-7-3-4-9-16(14)19)15-8-5-6-13-10-12-21-18(13)15/h3-10,12,17,20H,2,11H2,1H3. The van der Waals surface area contributed by atoms with E-state index in [1.807, 2.05) is 18.2 Å². The first-order chi connectivity index (χ1) is 10.3. The summed E-state index contributed by atoms with van der Waals surface area (Å²) in [6.07, 6.45) is 1.02. The molecule has 0 saturated carbocycles. The third-order valence-corrected chi connectivity index (χ3v) is 4.61. The maximum absolute atomic E-state index is 14.2. The first-order valence-corrected chi connectivity index (χ1v) is 8.13. The Balaban J connectivity index is 2.11. The van der Waals surface area contributed by atoms with Crippen LogP contribution in [0.3, 0.4) is 0 Å². The third kappa shape index (κ3) is 2.85. The van der Waals surface area contributed by atoms with Gasteiger partial charge in [0.2, 0.25) is 0 Å². The maximum atomic E-state index is 14.2. The van der Waals surface area contributed by atoms with Crippen molar-refractivity contribution in [2.75, 3.05) is 6.54 Å². The van der Waals surface area contributed by atoms with Crippen LogP contribution in [0.5, 0.6) is 0 Å². The molecule has 108 valence electrons. The second-order valence-corrected chi connectivity index (χ2v) is 6.01. The van der Waals surface area contributed by atoms with Crippen LogP contribution in [0.2, 0.25) is 0 Å². The lowest BCUT2D eigenvalue weighted by molar-refractivity contribution is 0.549. The van der Waals surface area contributed by atoms with Gasteiger partial charge in [-0.15, -0.1) is 11.3 Å².